The van der Waals surface area contributed by atoms with E-state index in [2.05, 4.69) is 34.5 Å². The van der Waals surface area contributed by atoms with Gasteiger partial charge in [-0.1, -0.05) is 6.07 Å². The monoisotopic (exact) mass is 373 g/mol. The lowest BCUT2D eigenvalue weighted by atomic mass is 10.00. The number of aromatic nitrogens is 4. The van der Waals surface area contributed by atoms with Gasteiger partial charge in [-0.05, 0) is 73.8 Å². The van der Waals surface area contributed by atoms with Crippen LogP contribution in [0.2, 0.25) is 0 Å². The number of rotatable bonds is 2. The van der Waals surface area contributed by atoms with Gasteiger partial charge in [0, 0.05) is 24.7 Å². The molecule has 0 bridgehead atoms. The molecule has 1 aliphatic heterocycles. The van der Waals surface area contributed by atoms with E-state index in [0.29, 0.717) is 5.39 Å². The highest BCUT2D eigenvalue weighted by Gasteiger charge is 2.17. The quantitative estimate of drug-likeness (QED) is 0.586. The van der Waals surface area contributed by atoms with Crippen molar-refractivity contribution in [2.45, 2.75) is 25.8 Å². The predicted octanol–water partition coefficient (Wildman–Crippen LogP) is 3.18. The molecule has 28 heavy (non-hydrogen) atoms. The molecule has 1 N–H and O–H groups in total. The molecule has 0 radical (unpaired) electrons. The van der Waals surface area contributed by atoms with Gasteiger partial charge in [-0.2, -0.15) is 5.10 Å². The Morgan fingerprint density at radius 2 is 1.93 bits per heavy atom. The van der Waals surface area contributed by atoms with E-state index in [4.69, 9.17) is 0 Å². The molecule has 6 nitrogen and oxygen atoms in total. The molecule has 0 spiro atoms. The Kier molecular flexibility index (Phi) is 4.02. The van der Waals surface area contributed by atoms with Crippen LogP contribution in [-0.2, 0) is 7.05 Å². The molecule has 0 amide bonds. The minimum atomic E-state index is 0.0577. The SMILES string of the molecule is Cc1cc(-c2ccc3c(=O)n(C4CCNCC4)cnc3c2)cc2cn(C)nc12. The minimum Gasteiger partial charge on any atom is -0.317 e. The summed E-state index contributed by atoms with van der Waals surface area (Å²) in [4.78, 5) is 17.6. The zero-order chi connectivity index (χ0) is 19.3. The van der Waals surface area contributed by atoms with E-state index in [-0.39, 0.29) is 11.6 Å². The van der Waals surface area contributed by atoms with Gasteiger partial charge < -0.3 is 5.32 Å². The number of benzene rings is 2. The molecule has 3 heterocycles. The lowest BCUT2D eigenvalue weighted by Gasteiger charge is -2.24. The summed E-state index contributed by atoms with van der Waals surface area (Å²) < 4.78 is 3.65. The molecule has 6 heteroatoms. The van der Waals surface area contributed by atoms with Crippen molar-refractivity contribution < 1.29 is 0 Å². The van der Waals surface area contributed by atoms with Crippen molar-refractivity contribution in [3.63, 3.8) is 0 Å². The molecular formula is C22H23N5O. The summed E-state index contributed by atoms with van der Waals surface area (Å²) in [6, 6.07) is 10.5. The van der Waals surface area contributed by atoms with Crippen LogP contribution in [0.25, 0.3) is 32.9 Å². The molecule has 2 aromatic carbocycles. The van der Waals surface area contributed by atoms with Crippen LogP contribution in [0.3, 0.4) is 0 Å². The number of hydrogen-bond acceptors (Lipinski definition) is 4. The predicted molar refractivity (Wildman–Crippen MR) is 112 cm³/mol. The minimum absolute atomic E-state index is 0.0577. The molecular weight excluding hydrogens is 350 g/mol. The summed E-state index contributed by atoms with van der Waals surface area (Å²) in [7, 11) is 1.94. The Hall–Kier alpha value is -2.99. The van der Waals surface area contributed by atoms with E-state index in [1.54, 1.807) is 6.33 Å². The maximum atomic E-state index is 13.0. The van der Waals surface area contributed by atoms with Gasteiger partial charge in [0.05, 0.1) is 22.7 Å². The van der Waals surface area contributed by atoms with Crippen molar-refractivity contribution in [3.8, 4) is 11.1 Å². The third-order valence-corrected chi connectivity index (χ3v) is 5.73. The Balaban J connectivity index is 1.59. The molecule has 1 aliphatic rings. The first-order valence-corrected chi connectivity index (χ1v) is 9.76. The van der Waals surface area contributed by atoms with Gasteiger partial charge in [0.15, 0.2) is 0 Å². The standard InChI is InChI=1S/C22H23N5O/c1-14-9-16(10-17-12-26(2)25-21(14)17)15-3-4-19-20(11-15)24-13-27(22(19)28)18-5-7-23-8-6-18/h3-4,9-13,18,23H,5-8H2,1-2H3. The molecule has 4 aromatic rings. The summed E-state index contributed by atoms with van der Waals surface area (Å²) in [5.41, 5.74) is 5.15. The Bertz CT molecular complexity index is 1250. The van der Waals surface area contributed by atoms with Crippen molar-refractivity contribution in [3.05, 3.63) is 58.8 Å². The topological polar surface area (TPSA) is 64.7 Å². The molecule has 0 atom stereocenters. The third-order valence-electron chi connectivity index (χ3n) is 5.73. The molecule has 1 fully saturated rings. The summed E-state index contributed by atoms with van der Waals surface area (Å²) in [5.74, 6) is 0. The van der Waals surface area contributed by atoms with Crippen LogP contribution in [0.1, 0.15) is 24.4 Å². The van der Waals surface area contributed by atoms with E-state index in [1.165, 1.54) is 0 Å². The summed E-state index contributed by atoms with van der Waals surface area (Å²) in [6.45, 7) is 3.98. The average Bonchev–Trinajstić information content (AvgIpc) is 3.09. The second kappa shape index (κ2) is 6.56. The Morgan fingerprint density at radius 1 is 1.11 bits per heavy atom. The molecule has 5 rings (SSSR count). The van der Waals surface area contributed by atoms with E-state index in [1.807, 2.05) is 40.7 Å². The zero-order valence-corrected chi connectivity index (χ0v) is 16.1. The largest absolute Gasteiger partial charge is 0.317 e. The summed E-state index contributed by atoms with van der Waals surface area (Å²) in [6.07, 6.45) is 5.69. The van der Waals surface area contributed by atoms with Crippen LogP contribution in [0, 0.1) is 6.92 Å². The van der Waals surface area contributed by atoms with Gasteiger partial charge in [0.2, 0.25) is 0 Å². The second-order valence-corrected chi connectivity index (χ2v) is 7.70. The highest BCUT2D eigenvalue weighted by Crippen LogP contribution is 2.28. The van der Waals surface area contributed by atoms with Crippen molar-refractivity contribution in [1.82, 2.24) is 24.6 Å². The van der Waals surface area contributed by atoms with Crippen LogP contribution >= 0.6 is 0 Å². The number of nitrogens with one attached hydrogen (secondary N) is 1. The van der Waals surface area contributed by atoms with Crippen LogP contribution < -0.4 is 10.9 Å². The average molecular weight is 373 g/mol. The molecule has 2 aromatic heterocycles. The lowest BCUT2D eigenvalue weighted by Crippen LogP contribution is -2.34. The Labute approximate surface area is 162 Å². The first kappa shape index (κ1) is 17.1. The van der Waals surface area contributed by atoms with Crippen molar-refractivity contribution in [1.29, 1.82) is 0 Å². The number of nitrogens with zero attached hydrogens (tertiary/aromatic N) is 4. The van der Waals surface area contributed by atoms with Gasteiger partial charge in [-0.3, -0.25) is 14.0 Å². The highest BCUT2D eigenvalue weighted by atomic mass is 16.1. The fourth-order valence-corrected chi connectivity index (χ4v) is 4.26. The van der Waals surface area contributed by atoms with Crippen LogP contribution in [0.5, 0.6) is 0 Å². The molecule has 142 valence electrons. The lowest BCUT2D eigenvalue weighted by molar-refractivity contribution is 0.359. The number of hydrogen-bond donors (Lipinski definition) is 1. The first-order chi connectivity index (χ1) is 13.6. The molecule has 0 aliphatic carbocycles. The van der Waals surface area contributed by atoms with E-state index < -0.39 is 0 Å². The van der Waals surface area contributed by atoms with Gasteiger partial charge in [-0.15, -0.1) is 0 Å². The fourth-order valence-electron chi connectivity index (χ4n) is 4.26. The van der Waals surface area contributed by atoms with E-state index in [9.17, 15) is 4.79 Å². The van der Waals surface area contributed by atoms with Gasteiger partial charge in [-0.25, -0.2) is 4.98 Å². The maximum absolute atomic E-state index is 13.0. The van der Waals surface area contributed by atoms with Gasteiger partial charge >= 0.3 is 0 Å². The normalized spacial score (nSPS) is 15.5. The summed E-state index contributed by atoms with van der Waals surface area (Å²) in [5, 5.41) is 9.66. The van der Waals surface area contributed by atoms with Crippen molar-refractivity contribution in [2.75, 3.05) is 13.1 Å². The van der Waals surface area contributed by atoms with Crippen molar-refractivity contribution in [2.24, 2.45) is 7.05 Å². The smallest absolute Gasteiger partial charge is 0.261 e. The molecule has 1 saturated heterocycles. The van der Waals surface area contributed by atoms with Crippen LogP contribution in [-0.4, -0.2) is 32.4 Å². The molecule has 0 unspecified atom stereocenters. The number of aryl methyl sites for hydroxylation is 2. The summed E-state index contributed by atoms with van der Waals surface area (Å²) >= 11 is 0. The first-order valence-electron chi connectivity index (χ1n) is 9.76. The zero-order valence-electron chi connectivity index (χ0n) is 16.1. The van der Waals surface area contributed by atoms with Crippen LogP contribution in [0.4, 0.5) is 0 Å². The number of fused-ring (bicyclic) bond motifs is 2. The van der Waals surface area contributed by atoms with E-state index in [0.717, 1.165) is 59.0 Å². The third kappa shape index (κ3) is 2.81. The fraction of sp³-hybridized carbons (Fsp3) is 0.318. The van der Waals surface area contributed by atoms with Crippen molar-refractivity contribution >= 4 is 21.8 Å². The van der Waals surface area contributed by atoms with Gasteiger partial charge in [0.1, 0.15) is 0 Å². The molecule has 0 saturated carbocycles. The van der Waals surface area contributed by atoms with Gasteiger partial charge in [0.25, 0.3) is 5.56 Å². The second-order valence-electron chi connectivity index (χ2n) is 7.70. The maximum Gasteiger partial charge on any atom is 0.261 e. The number of piperidine rings is 1. The van der Waals surface area contributed by atoms with Crippen LogP contribution in [0.15, 0.2) is 47.7 Å². The Morgan fingerprint density at radius 3 is 2.75 bits per heavy atom. The highest BCUT2D eigenvalue weighted by molar-refractivity contribution is 5.89. The van der Waals surface area contributed by atoms with E-state index >= 15 is 0 Å².